The van der Waals surface area contributed by atoms with E-state index in [-0.39, 0.29) is 5.41 Å². The summed E-state index contributed by atoms with van der Waals surface area (Å²) in [6, 6.07) is 89.3. The number of benzene rings is 11. The Kier molecular flexibility index (Phi) is 8.43. The van der Waals surface area contributed by atoms with Crippen molar-refractivity contribution in [3.05, 3.63) is 270 Å². The van der Waals surface area contributed by atoms with Crippen LogP contribution in [0.15, 0.2) is 237 Å². The van der Waals surface area contributed by atoms with Crippen molar-refractivity contribution in [2.75, 3.05) is 4.90 Å². The third kappa shape index (κ3) is 5.49. The lowest BCUT2D eigenvalue weighted by molar-refractivity contribution is 0.550. The van der Waals surface area contributed by atoms with E-state index in [0.29, 0.717) is 0 Å². The van der Waals surface area contributed by atoms with Gasteiger partial charge < -0.3 is 4.90 Å². The van der Waals surface area contributed by atoms with Gasteiger partial charge in [-0.25, -0.2) is 0 Å². The van der Waals surface area contributed by atoms with Gasteiger partial charge in [-0.15, -0.1) is 0 Å². The van der Waals surface area contributed by atoms with Crippen LogP contribution in [0.1, 0.15) is 59.1 Å². The molecule has 1 nitrogen and oxygen atoms in total. The molecule has 67 heavy (non-hydrogen) atoms. The zero-order valence-electron chi connectivity index (χ0n) is 37.3. The predicted octanol–water partition coefficient (Wildman–Crippen LogP) is 17.5. The van der Waals surface area contributed by atoms with E-state index in [1.807, 2.05) is 0 Å². The molecule has 1 heteroatoms. The minimum absolute atomic E-state index is 0.110. The summed E-state index contributed by atoms with van der Waals surface area (Å²) in [4.78, 5) is 2.51. The van der Waals surface area contributed by atoms with Crippen LogP contribution in [-0.4, -0.2) is 0 Å². The van der Waals surface area contributed by atoms with E-state index in [0.717, 1.165) is 11.4 Å². The fraction of sp³-hybridized carbons (Fsp3) is 0.0909. The fourth-order valence-corrected chi connectivity index (χ4v) is 13.0. The van der Waals surface area contributed by atoms with Gasteiger partial charge in [0.25, 0.3) is 0 Å². The Bertz CT molecular complexity index is 3670. The highest BCUT2D eigenvalue weighted by atomic mass is 15.1. The number of hydrogen-bond donors (Lipinski definition) is 0. The highest BCUT2D eigenvalue weighted by Gasteiger charge is 2.47. The van der Waals surface area contributed by atoms with E-state index in [2.05, 4.69) is 241 Å². The SMILES string of the molecule is c1ccc(C2(c3ccccc3)c3ccccc3-c3ccc(N(c4ccc(-c5ccc6c7ccccc7c7ccccc7c6c5)cc4)c4ccc5c(c4)-c4ccccc4C54CCCC4)cc32)cc1. The first-order valence-corrected chi connectivity index (χ1v) is 24.0. The number of anilines is 3. The maximum Gasteiger partial charge on any atom is 0.0714 e. The van der Waals surface area contributed by atoms with Crippen molar-refractivity contribution in [1.82, 2.24) is 0 Å². The van der Waals surface area contributed by atoms with Crippen molar-refractivity contribution in [1.29, 1.82) is 0 Å². The molecule has 0 saturated heterocycles. The van der Waals surface area contributed by atoms with Crippen LogP contribution in [0.2, 0.25) is 0 Å². The van der Waals surface area contributed by atoms with E-state index < -0.39 is 5.41 Å². The van der Waals surface area contributed by atoms with Gasteiger partial charge in [-0.3, -0.25) is 0 Å². The van der Waals surface area contributed by atoms with E-state index in [1.54, 1.807) is 0 Å². The monoisotopic (exact) mass is 853 g/mol. The molecule has 3 aliphatic carbocycles. The summed E-state index contributed by atoms with van der Waals surface area (Å²) in [5, 5.41) is 7.77. The zero-order chi connectivity index (χ0) is 44.1. The van der Waals surface area contributed by atoms with E-state index in [9.17, 15) is 0 Å². The fourth-order valence-electron chi connectivity index (χ4n) is 13.0. The summed E-state index contributed by atoms with van der Waals surface area (Å²) in [5.41, 5.74) is 19.0. The largest absolute Gasteiger partial charge is 0.310 e. The molecular formula is C66H47N. The van der Waals surface area contributed by atoms with Gasteiger partial charge in [0.15, 0.2) is 0 Å². The van der Waals surface area contributed by atoms with Crippen LogP contribution >= 0.6 is 0 Å². The summed E-state index contributed by atoms with van der Waals surface area (Å²) < 4.78 is 0. The summed E-state index contributed by atoms with van der Waals surface area (Å²) in [6.07, 6.45) is 4.99. The highest BCUT2D eigenvalue weighted by Crippen LogP contribution is 2.59. The van der Waals surface area contributed by atoms with E-state index in [4.69, 9.17) is 0 Å². The lowest BCUT2D eigenvalue weighted by Crippen LogP contribution is -2.28. The van der Waals surface area contributed by atoms with E-state index in [1.165, 1.54) is 130 Å². The van der Waals surface area contributed by atoms with Crippen LogP contribution < -0.4 is 4.90 Å². The normalized spacial score (nSPS) is 14.9. The lowest BCUT2D eigenvalue weighted by Gasteiger charge is -2.35. The van der Waals surface area contributed by atoms with Crippen LogP contribution in [-0.2, 0) is 10.8 Å². The summed E-state index contributed by atoms with van der Waals surface area (Å²) in [7, 11) is 0. The Labute approximate surface area is 392 Å². The summed E-state index contributed by atoms with van der Waals surface area (Å²) in [5.74, 6) is 0. The molecule has 0 aliphatic heterocycles. The minimum atomic E-state index is -0.503. The van der Waals surface area contributed by atoms with Gasteiger partial charge >= 0.3 is 0 Å². The molecule has 3 aliphatic rings. The molecule has 1 saturated carbocycles. The molecule has 0 radical (unpaired) electrons. The summed E-state index contributed by atoms with van der Waals surface area (Å²) >= 11 is 0. The van der Waals surface area contributed by atoms with Gasteiger partial charge in [0.05, 0.1) is 5.41 Å². The molecule has 1 spiro atoms. The molecule has 0 atom stereocenters. The van der Waals surface area contributed by atoms with Crippen LogP contribution in [0.25, 0.3) is 65.7 Å². The Morgan fingerprint density at radius 1 is 0.284 bits per heavy atom. The molecule has 11 aromatic rings. The van der Waals surface area contributed by atoms with Gasteiger partial charge in [-0.05, 0) is 154 Å². The second kappa shape index (κ2) is 14.8. The second-order valence-corrected chi connectivity index (χ2v) is 19.1. The third-order valence-electron chi connectivity index (χ3n) is 15.9. The van der Waals surface area contributed by atoms with Crippen LogP contribution in [0.3, 0.4) is 0 Å². The quantitative estimate of drug-likeness (QED) is 0.151. The molecule has 11 aromatic carbocycles. The maximum absolute atomic E-state index is 2.51. The number of fused-ring (bicyclic) bond motifs is 14. The lowest BCUT2D eigenvalue weighted by atomic mass is 9.67. The molecule has 1 fully saturated rings. The Balaban J connectivity index is 0.969. The van der Waals surface area contributed by atoms with Crippen molar-refractivity contribution >= 4 is 49.4 Å². The first-order chi connectivity index (χ1) is 33.2. The van der Waals surface area contributed by atoms with Gasteiger partial charge in [-0.2, -0.15) is 0 Å². The Hall–Kier alpha value is -8.00. The number of hydrogen-bond acceptors (Lipinski definition) is 1. The first-order valence-electron chi connectivity index (χ1n) is 24.0. The topological polar surface area (TPSA) is 3.24 Å². The average Bonchev–Trinajstić information content (AvgIpc) is 4.09. The third-order valence-corrected chi connectivity index (χ3v) is 15.9. The van der Waals surface area contributed by atoms with Gasteiger partial charge in [-0.1, -0.05) is 207 Å². The first kappa shape index (κ1) is 38.3. The Morgan fingerprint density at radius 3 is 1.40 bits per heavy atom. The number of nitrogens with zero attached hydrogens (tertiary/aromatic N) is 1. The van der Waals surface area contributed by atoms with Gasteiger partial charge in [0, 0.05) is 22.5 Å². The molecule has 14 rings (SSSR count). The minimum Gasteiger partial charge on any atom is -0.310 e. The van der Waals surface area contributed by atoms with Crippen molar-refractivity contribution in [2.24, 2.45) is 0 Å². The van der Waals surface area contributed by atoms with Gasteiger partial charge in [0.1, 0.15) is 0 Å². The molecular weight excluding hydrogens is 807 g/mol. The van der Waals surface area contributed by atoms with E-state index >= 15 is 0 Å². The van der Waals surface area contributed by atoms with Crippen molar-refractivity contribution < 1.29 is 0 Å². The average molecular weight is 854 g/mol. The number of rotatable bonds is 6. The predicted molar refractivity (Wildman–Crippen MR) is 281 cm³/mol. The summed E-state index contributed by atoms with van der Waals surface area (Å²) in [6.45, 7) is 0. The standard InChI is InChI=1S/C66H47N/c1-3-17-46(18-4-1)66(47-19-5-2-6-20-47)63-28-14-12-25-56(63)58-37-34-50(43-64(58)66)67(49-35-38-62-60(42-49)57-26-11-13-27-61(57)65(62)39-15-16-40-65)48-32-29-44(30-33-48)45-31-36-55-53-23-8-7-21-51(53)52-22-9-10-24-54(52)59(55)41-45/h1-14,17-38,41-43H,15-16,39-40H2. The maximum atomic E-state index is 2.51. The molecule has 0 unspecified atom stereocenters. The Morgan fingerprint density at radius 2 is 0.746 bits per heavy atom. The van der Waals surface area contributed by atoms with Crippen LogP contribution in [0, 0.1) is 0 Å². The molecule has 0 heterocycles. The van der Waals surface area contributed by atoms with Crippen LogP contribution in [0.4, 0.5) is 17.1 Å². The molecule has 0 N–H and O–H groups in total. The molecule has 0 amide bonds. The molecule has 0 aromatic heterocycles. The smallest absolute Gasteiger partial charge is 0.0714 e. The highest BCUT2D eigenvalue weighted by molar-refractivity contribution is 6.25. The van der Waals surface area contributed by atoms with Crippen molar-refractivity contribution in [3.63, 3.8) is 0 Å². The van der Waals surface area contributed by atoms with Gasteiger partial charge in [0.2, 0.25) is 0 Å². The van der Waals surface area contributed by atoms with Crippen molar-refractivity contribution in [2.45, 2.75) is 36.5 Å². The van der Waals surface area contributed by atoms with Crippen LogP contribution in [0.5, 0.6) is 0 Å². The zero-order valence-corrected chi connectivity index (χ0v) is 37.3. The molecule has 316 valence electrons. The molecule has 0 bridgehead atoms. The van der Waals surface area contributed by atoms with Crippen molar-refractivity contribution in [3.8, 4) is 33.4 Å². The second-order valence-electron chi connectivity index (χ2n) is 19.1.